The summed E-state index contributed by atoms with van der Waals surface area (Å²) in [6.45, 7) is 7.38. The normalized spacial score (nSPS) is 19.8. The van der Waals surface area contributed by atoms with Gasteiger partial charge in [-0.15, -0.1) is 0 Å². The second-order valence-electron chi connectivity index (χ2n) is 6.14. The Morgan fingerprint density at radius 2 is 2.07 bits per heavy atom. The molecular weight excluding hydrogens is 384 g/mol. The molecule has 0 N–H and O–H groups in total. The number of rotatable bonds is 7. The highest BCUT2D eigenvalue weighted by atomic mass is 32.2. The van der Waals surface area contributed by atoms with Crippen molar-refractivity contribution in [1.82, 2.24) is 9.80 Å². The van der Waals surface area contributed by atoms with Crippen LogP contribution in [0.5, 0.6) is 11.5 Å². The topological polar surface area (TPSA) is 51.2 Å². The number of hydrogen-bond acceptors (Lipinski definition) is 7. The number of hydrogen-bond donors (Lipinski definition) is 0. The number of amides is 1. The van der Waals surface area contributed by atoms with Crippen molar-refractivity contribution in [3.8, 4) is 11.5 Å². The largest absolute Gasteiger partial charge is 0.493 e. The first-order valence-corrected chi connectivity index (χ1v) is 10.2. The predicted octanol–water partition coefficient (Wildman–Crippen LogP) is 2.63. The van der Waals surface area contributed by atoms with E-state index >= 15 is 0 Å². The number of morpholine rings is 1. The maximum absolute atomic E-state index is 12.3. The molecule has 0 radical (unpaired) electrons. The van der Waals surface area contributed by atoms with Gasteiger partial charge in [0.2, 0.25) is 0 Å². The molecule has 2 heterocycles. The summed E-state index contributed by atoms with van der Waals surface area (Å²) in [5, 5.41) is 0. The van der Waals surface area contributed by atoms with E-state index in [9.17, 15) is 4.79 Å². The number of thioether (sulfide) groups is 1. The molecule has 1 amide bonds. The van der Waals surface area contributed by atoms with Crippen LogP contribution in [0.1, 0.15) is 12.5 Å². The SMILES string of the molecule is CCN1C(=O)C(=Cc2ccc(OCCN3CCOCC3)c(OC)c2)SC1=S. The summed E-state index contributed by atoms with van der Waals surface area (Å²) in [6, 6.07) is 5.68. The van der Waals surface area contributed by atoms with E-state index in [1.165, 1.54) is 11.8 Å². The Labute approximate surface area is 169 Å². The predicted molar refractivity (Wildman–Crippen MR) is 111 cm³/mol. The minimum absolute atomic E-state index is 0.0442. The van der Waals surface area contributed by atoms with Crippen LogP contribution in [0.25, 0.3) is 6.08 Å². The molecule has 2 saturated heterocycles. The summed E-state index contributed by atoms with van der Waals surface area (Å²) in [6.07, 6.45) is 1.84. The van der Waals surface area contributed by atoms with Gasteiger partial charge in [-0.3, -0.25) is 14.6 Å². The average molecular weight is 409 g/mol. The molecule has 0 unspecified atom stereocenters. The molecular formula is C19H24N2O4S2. The molecule has 2 aliphatic heterocycles. The molecule has 0 bridgehead atoms. The van der Waals surface area contributed by atoms with Crippen LogP contribution >= 0.6 is 24.0 Å². The van der Waals surface area contributed by atoms with Crippen molar-refractivity contribution in [2.45, 2.75) is 6.92 Å². The van der Waals surface area contributed by atoms with Crippen LogP contribution < -0.4 is 9.47 Å². The summed E-state index contributed by atoms with van der Waals surface area (Å²) in [5.74, 6) is 1.30. The van der Waals surface area contributed by atoms with Gasteiger partial charge >= 0.3 is 0 Å². The molecule has 27 heavy (non-hydrogen) atoms. The van der Waals surface area contributed by atoms with E-state index in [0.29, 0.717) is 33.9 Å². The molecule has 0 saturated carbocycles. The molecule has 0 aromatic heterocycles. The smallest absolute Gasteiger partial charge is 0.266 e. The van der Waals surface area contributed by atoms with Crippen LogP contribution in [0, 0.1) is 0 Å². The van der Waals surface area contributed by atoms with Crippen molar-refractivity contribution >= 4 is 40.3 Å². The number of methoxy groups -OCH3 is 1. The van der Waals surface area contributed by atoms with Gasteiger partial charge in [-0.25, -0.2) is 0 Å². The molecule has 2 fully saturated rings. The first-order chi connectivity index (χ1) is 13.1. The maximum atomic E-state index is 12.3. The van der Waals surface area contributed by atoms with Gasteiger partial charge in [0, 0.05) is 26.2 Å². The minimum Gasteiger partial charge on any atom is -0.493 e. The summed E-state index contributed by atoms with van der Waals surface area (Å²) >= 11 is 6.58. The molecule has 0 aliphatic carbocycles. The lowest BCUT2D eigenvalue weighted by Crippen LogP contribution is -2.38. The molecule has 1 aromatic carbocycles. The van der Waals surface area contributed by atoms with Crippen LogP contribution in [0.15, 0.2) is 23.1 Å². The standard InChI is InChI=1S/C19H24N2O4S2/c1-3-21-18(22)17(27-19(21)26)13-14-4-5-15(16(12-14)23-2)25-11-8-20-6-9-24-10-7-20/h4-5,12-13H,3,6-11H2,1-2H3. The fraction of sp³-hybridized carbons (Fsp3) is 0.474. The fourth-order valence-corrected chi connectivity index (χ4v) is 4.31. The van der Waals surface area contributed by atoms with Crippen molar-refractivity contribution < 1.29 is 19.0 Å². The zero-order valence-corrected chi connectivity index (χ0v) is 17.2. The maximum Gasteiger partial charge on any atom is 0.266 e. The van der Waals surface area contributed by atoms with E-state index < -0.39 is 0 Å². The third kappa shape index (κ3) is 5.01. The van der Waals surface area contributed by atoms with Gasteiger partial charge < -0.3 is 14.2 Å². The summed E-state index contributed by atoms with van der Waals surface area (Å²) < 4.78 is 17.3. The lowest BCUT2D eigenvalue weighted by atomic mass is 10.2. The molecule has 6 nitrogen and oxygen atoms in total. The molecule has 3 rings (SSSR count). The zero-order valence-electron chi connectivity index (χ0n) is 15.6. The van der Waals surface area contributed by atoms with Crippen molar-refractivity contribution in [3.63, 3.8) is 0 Å². The summed E-state index contributed by atoms with van der Waals surface area (Å²) in [5.41, 5.74) is 0.879. The third-order valence-electron chi connectivity index (χ3n) is 4.44. The van der Waals surface area contributed by atoms with E-state index in [2.05, 4.69) is 4.90 Å². The second-order valence-corrected chi connectivity index (χ2v) is 7.81. The Hall–Kier alpha value is -1.61. The van der Waals surface area contributed by atoms with Gasteiger partial charge in [0.25, 0.3) is 5.91 Å². The number of benzene rings is 1. The average Bonchev–Trinajstić information content (AvgIpc) is 2.96. The van der Waals surface area contributed by atoms with E-state index in [4.69, 9.17) is 26.4 Å². The number of carbonyl (C=O) groups excluding carboxylic acids is 1. The highest BCUT2D eigenvalue weighted by Gasteiger charge is 2.30. The lowest BCUT2D eigenvalue weighted by Gasteiger charge is -2.26. The van der Waals surface area contributed by atoms with Gasteiger partial charge in [-0.2, -0.15) is 0 Å². The van der Waals surface area contributed by atoms with Gasteiger partial charge in [0.05, 0.1) is 25.2 Å². The molecule has 146 valence electrons. The highest BCUT2D eigenvalue weighted by Crippen LogP contribution is 2.34. The monoisotopic (exact) mass is 408 g/mol. The van der Waals surface area contributed by atoms with Crippen LogP contribution in [0.2, 0.25) is 0 Å². The Kier molecular flexibility index (Phi) is 7.12. The molecule has 2 aliphatic rings. The molecule has 0 atom stereocenters. The van der Waals surface area contributed by atoms with Gasteiger partial charge in [0.15, 0.2) is 11.5 Å². The highest BCUT2D eigenvalue weighted by molar-refractivity contribution is 8.26. The number of carbonyl (C=O) groups is 1. The van der Waals surface area contributed by atoms with Crippen LogP contribution in [0.3, 0.4) is 0 Å². The molecule has 1 aromatic rings. The Morgan fingerprint density at radius 3 is 2.74 bits per heavy atom. The van der Waals surface area contributed by atoms with E-state index in [1.807, 2.05) is 31.2 Å². The van der Waals surface area contributed by atoms with E-state index in [-0.39, 0.29) is 5.91 Å². The first kappa shape index (κ1) is 20.1. The van der Waals surface area contributed by atoms with Crippen molar-refractivity contribution in [1.29, 1.82) is 0 Å². The first-order valence-electron chi connectivity index (χ1n) is 8.98. The number of nitrogens with zero attached hydrogens (tertiary/aromatic N) is 2. The summed E-state index contributed by atoms with van der Waals surface area (Å²) in [7, 11) is 1.62. The van der Waals surface area contributed by atoms with E-state index in [0.717, 1.165) is 38.4 Å². The third-order valence-corrected chi connectivity index (χ3v) is 5.82. The van der Waals surface area contributed by atoms with Crippen LogP contribution in [0.4, 0.5) is 0 Å². The van der Waals surface area contributed by atoms with Crippen molar-refractivity contribution in [2.75, 3.05) is 53.1 Å². The zero-order chi connectivity index (χ0) is 19.2. The Balaban J connectivity index is 1.64. The van der Waals surface area contributed by atoms with E-state index in [1.54, 1.807) is 12.0 Å². The van der Waals surface area contributed by atoms with Gasteiger partial charge in [0.1, 0.15) is 10.9 Å². The van der Waals surface area contributed by atoms with Crippen molar-refractivity contribution in [2.24, 2.45) is 0 Å². The van der Waals surface area contributed by atoms with Gasteiger partial charge in [-0.1, -0.05) is 30.0 Å². The van der Waals surface area contributed by atoms with Crippen molar-refractivity contribution in [3.05, 3.63) is 28.7 Å². The van der Waals surface area contributed by atoms with Crippen LogP contribution in [-0.2, 0) is 9.53 Å². The Morgan fingerprint density at radius 1 is 1.30 bits per heavy atom. The second kappa shape index (κ2) is 9.54. The summed E-state index contributed by atoms with van der Waals surface area (Å²) in [4.78, 5) is 16.9. The number of ether oxygens (including phenoxy) is 3. The molecule has 8 heteroatoms. The quantitative estimate of drug-likeness (QED) is 0.508. The van der Waals surface area contributed by atoms with Crippen LogP contribution in [-0.4, -0.2) is 73.1 Å². The fourth-order valence-electron chi connectivity index (χ4n) is 2.93. The lowest BCUT2D eigenvalue weighted by molar-refractivity contribution is -0.121. The number of thiocarbonyl (C=S) groups is 1. The number of likely N-dealkylation sites (N-methyl/N-ethyl adjacent to an activating group) is 1. The Bertz CT molecular complexity index is 732. The molecule has 0 spiro atoms. The van der Waals surface area contributed by atoms with Gasteiger partial charge in [-0.05, 0) is 30.7 Å². The minimum atomic E-state index is -0.0442.